The van der Waals surface area contributed by atoms with Crippen molar-refractivity contribution in [2.45, 2.75) is 5.88 Å². The molecule has 0 saturated carbocycles. The Balaban J connectivity index is 2.46. The summed E-state index contributed by atoms with van der Waals surface area (Å²) in [6.07, 6.45) is 0. The van der Waals surface area contributed by atoms with Gasteiger partial charge in [0.15, 0.2) is 0 Å². The third-order valence-electron chi connectivity index (χ3n) is 2.04. The molecule has 0 amide bonds. The van der Waals surface area contributed by atoms with Crippen molar-refractivity contribution >= 4 is 43.5 Å². The minimum absolute atomic E-state index is 0.200. The molecule has 0 aliphatic carbocycles. The van der Waals surface area contributed by atoms with Gasteiger partial charge in [-0.25, -0.2) is 0 Å². The molecule has 90 valence electrons. The van der Waals surface area contributed by atoms with Crippen molar-refractivity contribution in [3.05, 3.63) is 27.0 Å². The zero-order chi connectivity index (χ0) is 12.4. The van der Waals surface area contributed by atoms with Gasteiger partial charge in [-0.05, 0) is 44.0 Å². The van der Waals surface area contributed by atoms with Crippen LogP contribution in [0, 0.1) is 0 Å². The molecule has 0 N–H and O–H groups in total. The number of benzene rings is 1. The van der Waals surface area contributed by atoms with E-state index in [0.717, 1.165) is 20.3 Å². The average Bonchev–Trinajstić information content (AvgIpc) is 2.77. The van der Waals surface area contributed by atoms with Crippen LogP contribution >= 0.6 is 43.5 Å². The maximum absolute atomic E-state index is 5.60. The first-order valence-electron chi connectivity index (χ1n) is 4.57. The van der Waals surface area contributed by atoms with Gasteiger partial charge in [0, 0.05) is 5.56 Å². The van der Waals surface area contributed by atoms with Gasteiger partial charge in [-0.3, -0.25) is 0 Å². The van der Waals surface area contributed by atoms with E-state index in [4.69, 9.17) is 20.9 Å². The van der Waals surface area contributed by atoms with Crippen LogP contribution in [-0.4, -0.2) is 17.3 Å². The van der Waals surface area contributed by atoms with Crippen LogP contribution in [0.2, 0.25) is 0 Å². The van der Waals surface area contributed by atoms with Gasteiger partial charge in [0.2, 0.25) is 11.7 Å². The Labute approximate surface area is 120 Å². The van der Waals surface area contributed by atoms with Gasteiger partial charge in [-0.2, -0.15) is 4.98 Å². The highest BCUT2D eigenvalue weighted by molar-refractivity contribution is 9.11. The fraction of sp³-hybridized carbons (Fsp3) is 0.200. The lowest BCUT2D eigenvalue weighted by Gasteiger charge is -2.06. The van der Waals surface area contributed by atoms with Crippen LogP contribution in [0.4, 0.5) is 0 Å². The van der Waals surface area contributed by atoms with Gasteiger partial charge >= 0.3 is 0 Å². The van der Waals surface area contributed by atoms with E-state index in [-0.39, 0.29) is 5.88 Å². The molecule has 0 aliphatic heterocycles. The van der Waals surface area contributed by atoms with Crippen molar-refractivity contribution in [1.29, 1.82) is 0 Å². The van der Waals surface area contributed by atoms with Crippen LogP contribution in [0.5, 0.6) is 5.75 Å². The molecule has 2 aromatic rings. The van der Waals surface area contributed by atoms with E-state index in [1.54, 1.807) is 7.11 Å². The number of aromatic nitrogens is 2. The molecule has 0 radical (unpaired) electrons. The lowest BCUT2D eigenvalue weighted by atomic mass is 10.2. The van der Waals surface area contributed by atoms with E-state index < -0.39 is 0 Å². The summed E-state index contributed by atoms with van der Waals surface area (Å²) in [7, 11) is 1.60. The number of halogens is 3. The van der Waals surface area contributed by atoms with Crippen LogP contribution in [0.3, 0.4) is 0 Å². The Morgan fingerprint density at radius 1 is 1.35 bits per heavy atom. The van der Waals surface area contributed by atoms with Gasteiger partial charge < -0.3 is 9.26 Å². The molecule has 17 heavy (non-hydrogen) atoms. The fourth-order valence-corrected chi connectivity index (χ4v) is 2.93. The second-order valence-electron chi connectivity index (χ2n) is 3.12. The molecule has 1 aromatic carbocycles. The topological polar surface area (TPSA) is 48.2 Å². The number of rotatable bonds is 3. The first-order chi connectivity index (χ1) is 8.15. The summed E-state index contributed by atoms with van der Waals surface area (Å²) in [6, 6.07) is 3.71. The van der Waals surface area contributed by atoms with E-state index in [9.17, 15) is 0 Å². The largest absolute Gasteiger partial charge is 0.494 e. The third kappa shape index (κ3) is 2.64. The maximum atomic E-state index is 5.60. The molecule has 0 atom stereocenters. The molecule has 1 heterocycles. The molecule has 0 unspecified atom stereocenters. The van der Waals surface area contributed by atoms with Crippen molar-refractivity contribution in [3.63, 3.8) is 0 Å². The van der Waals surface area contributed by atoms with Crippen LogP contribution in [0.25, 0.3) is 11.4 Å². The molecular formula is C10H7Br2ClN2O2. The highest BCUT2D eigenvalue weighted by atomic mass is 79.9. The SMILES string of the molecule is COc1c(Br)cc(-c2noc(CCl)n2)cc1Br. The minimum Gasteiger partial charge on any atom is -0.494 e. The van der Waals surface area contributed by atoms with Gasteiger partial charge in [0.05, 0.1) is 16.1 Å². The third-order valence-corrected chi connectivity index (χ3v) is 3.45. The predicted molar refractivity (Wildman–Crippen MR) is 71.2 cm³/mol. The Kier molecular flexibility index (Phi) is 4.06. The number of alkyl halides is 1. The second kappa shape index (κ2) is 5.37. The lowest BCUT2D eigenvalue weighted by Crippen LogP contribution is -1.89. The van der Waals surface area contributed by atoms with Crippen molar-refractivity contribution in [1.82, 2.24) is 10.1 Å². The minimum atomic E-state index is 0.200. The Morgan fingerprint density at radius 3 is 2.47 bits per heavy atom. The standard InChI is InChI=1S/C10H7Br2ClN2O2/c1-16-9-6(11)2-5(3-7(9)12)10-14-8(4-13)17-15-10/h2-3H,4H2,1H3. The first-order valence-corrected chi connectivity index (χ1v) is 6.69. The number of hydrogen-bond donors (Lipinski definition) is 0. The smallest absolute Gasteiger partial charge is 0.241 e. The van der Waals surface area contributed by atoms with Gasteiger partial charge in [-0.15, -0.1) is 11.6 Å². The van der Waals surface area contributed by atoms with E-state index in [2.05, 4.69) is 42.0 Å². The van der Waals surface area contributed by atoms with E-state index in [1.807, 2.05) is 12.1 Å². The van der Waals surface area contributed by atoms with Crippen molar-refractivity contribution in [2.75, 3.05) is 7.11 Å². The zero-order valence-electron chi connectivity index (χ0n) is 8.71. The number of ether oxygens (including phenoxy) is 1. The quantitative estimate of drug-likeness (QED) is 0.753. The summed E-state index contributed by atoms with van der Waals surface area (Å²) in [5, 5.41) is 3.84. The Bertz CT molecular complexity index is 522. The second-order valence-corrected chi connectivity index (χ2v) is 5.09. The molecule has 0 bridgehead atoms. The molecule has 0 fully saturated rings. The summed E-state index contributed by atoms with van der Waals surface area (Å²) in [6.45, 7) is 0. The molecule has 2 rings (SSSR count). The summed E-state index contributed by atoms with van der Waals surface area (Å²) >= 11 is 12.4. The van der Waals surface area contributed by atoms with E-state index in [1.165, 1.54) is 0 Å². The first kappa shape index (κ1) is 12.9. The normalized spacial score (nSPS) is 10.6. The Hall–Kier alpha value is -0.590. The molecule has 4 nitrogen and oxygen atoms in total. The van der Waals surface area contributed by atoms with E-state index in [0.29, 0.717) is 11.7 Å². The summed E-state index contributed by atoms with van der Waals surface area (Å²) < 4.78 is 11.8. The number of methoxy groups -OCH3 is 1. The molecule has 0 aliphatic rings. The fourth-order valence-electron chi connectivity index (χ4n) is 1.31. The van der Waals surface area contributed by atoms with Crippen molar-refractivity contribution in [2.24, 2.45) is 0 Å². The Morgan fingerprint density at radius 2 is 2.00 bits per heavy atom. The average molecular weight is 382 g/mol. The molecule has 0 spiro atoms. The van der Waals surface area contributed by atoms with Crippen LogP contribution in [0.15, 0.2) is 25.6 Å². The monoisotopic (exact) mass is 380 g/mol. The molecule has 7 heteroatoms. The lowest BCUT2D eigenvalue weighted by molar-refractivity contribution is 0.391. The molecule has 1 aromatic heterocycles. The summed E-state index contributed by atoms with van der Waals surface area (Å²) in [5.74, 6) is 1.80. The van der Waals surface area contributed by atoms with Crippen molar-refractivity contribution in [3.8, 4) is 17.1 Å². The molecule has 0 saturated heterocycles. The zero-order valence-corrected chi connectivity index (χ0v) is 12.6. The molecular weight excluding hydrogens is 375 g/mol. The van der Waals surface area contributed by atoms with Gasteiger partial charge in [0.25, 0.3) is 0 Å². The van der Waals surface area contributed by atoms with Crippen LogP contribution in [0.1, 0.15) is 5.89 Å². The number of nitrogens with zero attached hydrogens (tertiary/aromatic N) is 2. The highest BCUT2D eigenvalue weighted by Crippen LogP contribution is 2.36. The number of hydrogen-bond acceptors (Lipinski definition) is 4. The predicted octanol–water partition coefficient (Wildman–Crippen LogP) is 4.01. The van der Waals surface area contributed by atoms with Crippen LogP contribution in [-0.2, 0) is 5.88 Å². The van der Waals surface area contributed by atoms with E-state index >= 15 is 0 Å². The highest BCUT2D eigenvalue weighted by Gasteiger charge is 2.13. The maximum Gasteiger partial charge on any atom is 0.241 e. The van der Waals surface area contributed by atoms with Gasteiger partial charge in [-0.1, -0.05) is 5.16 Å². The van der Waals surface area contributed by atoms with Crippen molar-refractivity contribution < 1.29 is 9.26 Å². The van der Waals surface area contributed by atoms with Crippen LogP contribution < -0.4 is 4.74 Å². The summed E-state index contributed by atoms with van der Waals surface area (Å²) in [4.78, 5) is 4.14. The van der Waals surface area contributed by atoms with Gasteiger partial charge in [0.1, 0.15) is 11.6 Å². The summed E-state index contributed by atoms with van der Waals surface area (Å²) in [5.41, 5.74) is 0.810.